The summed E-state index contributed by atoms with van der Waals surface area (Å²) in [5, 5.41) is 11.7. The highest BCUT2D eigenvalue weighted by Crippen LogP contribution is 2.44. The zero-order valence-electron chi connectivity index (χ0n) is 23.3. The summed E-state index contributed by atoms with van der Waals surface area (Å²) in [6.45, 7) is 11.0. The molecule has 1 saturated heterocycles. The number of ketones is 1. The van der Waals surface area contributed by atoms with Crippen molar-refractivity contribution in [2.75, 3.05) is 12.0 Å². The quantitative estimate of drug-likeness (QED) is 0.133. The van der Waals surface area contributed by atoms with Gasteiger partial charge < -0.3 is 14.6 Å². The van der Waals surface area contributed by atoms with Crippen LogP contribution in [0.15, 0.2) is 60.2 Å². The fourth-order valence-corrected chi connectivity index (χ4v) is 5.11. The van der Waals surface area contributed by atoms with E-state index in [1.54, 1.807) is 31.4 Å². The molecule has 202 valence electrons. The zero-order valence-corrected chi connectivity index (χ0v) is 23.3. The Morgan fingerprint density at radius 1 is 0.949 bits per heavy atom. The minimum Gasteiger partial charge on any atom is -0.507 e. The van der Waals surface area contributed by atoms with Crippen molar-refractivity contribution in [2.45, 2.75) is 53.5 Å². The summed E-state index contributed by atoms with van der Waals surface area (Å²) in [6.07, 6.45) is 0. The number of esters is 1. The Morgan fingerprint density at radius 3 is 2.10 bits per heavy atom. The number of amides is 1. The van der Waals surface area contributed by atoms with Gasteiger partial charge in [-0.25, -0.2) is 0 Å². The number of anilines is 1. The van der Waals surface area contributed by atoms with Gasteiger partial charge in [-0.2, -0.15) is 0 Å². The first-order chi connectivity index (χ1) is 18.4. The van der Waals surface area contributed by atoms with Crippen LogP contribution in [0.2, 0.25) is 0 Å². The Kier molecular flexibility index (Phi) is 7.63. The lowest BCUT2D eigenvalue weighted by Gasteiger charge is -2.26. The third-order valence-corrected chi connectivity index (χ3v) is 6.84. The summed E-state index contributed by atoms with van der Waals surface area (Å²) in [5.74, 6) is -1.10. The molecule has 1 fully saturated rings. The van der Waals surface area contributed by atoms with Crippen molar-refractivity contribution in [3.8, 4) is 11.5 Å². The molecule has 0 bridgehead atoms. The molecular formula is C32H33NO6. The largest absolute Gasteiger partial charge is 0.507 e. The summed E-state index contributed by atoms with van der Waals surface area (Å²) < 4.78 is 10.7. The number of aliphatic hydroxyl groups is 1. The number of nitrogens with zero attached hydrogens (tertiary/aromatic N) is 1. The predicted molar refractivity (Wildman–Crippen MR) is 150 cm³/mol. The summed E-state index contributed by atoms with van der Waals surface area (Å²) in [6, 6.07) is 15.0. The fraction of sp³-hybridized carbons (Fsp3) is 0.281. The van der Waals surface area contributed by atoms with E-state index < -0.39 is 23.7 Å². The molecule has 0 aromatic heterocycles. The number of carbonyl (C=O) groups is 3. The molecule has 1 N–H and O–H groups in total. The third kappa shape index (κ3) is 5.30. The van der Waals surface area contributed by atoms with E-state index in [0.29, 0.717) is 33.9 Å². The third-order valence-electron chi connectivity index (χ3n) is 6.84. The van der Waals surface area contributed by atoms with E-state index in [1.807, 2.05) is 65.0 Å². The first-order valence-electron chi connectivity index (χ1n) is 12.8. The van der Waals surface area contributed by atoms with Gasteiger partial charge in [0.05, 0.1) is 18.7 Å². The van der Waals surface area contributed by atoms with Crippen LogP contribution in [0.3, 0.4) is 0 Å². The first kappa shape index (κ1) is 27.6. The minimum absolute atomic E-state index is 0.0117. The van der Waals surface area contributed by atoms with Crippen LogP contribution in [0.5, 0.6) is 11.5 Å². The average molecular weight is 528 g/mol. The second-order valence-electron chi connectivity index (χ2n) is 10.2. The molecule has 4 rings (SSSR count). The molecule has 0 radical (unpaired) electrons. The highest BCUT2D eigenvalue weighted by molar-refractivity contribution is 6.51. The smallest absolute Gasteiger partial charge is 0.308 e. The van der Waals surface area contributed by atoms with Gasteiger partial charge in [0, 0.05) is 18.2 Å². The Balaban J connectivity index is 1.98. The van der Waals surface area contributed by atoms with E-state index in [9.17, 15) is 19.5 Å². The Labute approximate surface area is 228 Å². The van der Waals surface area contributed by atoms with E-state index in [-0.39, 0.29) is 17.3 Å². The molecule has 7 nitrogen and oxygen atoms in total. The molecular weight excluding hydrogens is 494 g/mol. The lowest BCUT2D eigenvalue weighted by atomic mass is 9.91. The second-order valence-corrected chi connectivity index (χ2v) is 10.2. The van der Waals surface area contributed by atoms with Gasteiger partial charge in [0.25, 0.3) is 11.7 Å². The number of benzene rings is 3. The van der Waals surface area contributed by atoms with E-state index in [4.69, 9.17) is 9.47 Å². The fourth-order valence-electron chi connectivity index (χ4n) is 5.11. The molecule has 1 amide bonds. The van der Waals surface area contributed by atoms with Gasteiger partial charge in [0.15, 0.2) is 0 Å². The van der Waals surface area contributed by atoms with E-state index in [1.165, 1.54) is 11.8 Å². The Morgan fingerprint density at radius 2 is 1.56 bits per heavy atom. The van der Waals surface area contributed by atoms with E-state index >= 15 is 0 Å². The number of aliphatic hydroxyl groups excluding tert-OH is 1. The van der Waals surface area contributed by atoms with Crippen LogP contribution < -0.4 is 14.4 Å². The number of carbonyl (C=O) groups excluding carboxylic acids is 3. The lowest BCUT2D eigenvalue weighted by molar-refractivity contribution is -0.132. The molecule has 3 aromatic rings. The highest BCUT2D eigenvalue weighted by Gasteiger charge is 2.47. The Hall–Kier alpha value is -4.39. The molecule has 7 heteroatoms. The number of aryl methyl sites for hydroxylation is 3. The van der Waals surface area contributed by atoms with Crippen LogP contribution in [0.4, 0.5) is 5.69 Å². The van der Waals surface area contributed by atoms with Crippen molar-refractivity contribution in [1.29, 1.82) is 0 Å². The van der Waals surface area contributed by atoms with Crippen LogP contribution in [0.25, 0.3) is 5.76 Å². The van der Waals surface area contributed by atoms with E-state index in [2.05, 4.69) is 0 Å². The molecule has 1 aliphatic rings. The van der Waals surface area contributed by atoms with Gasteiger partial charge in [0.1, 0.15) is 17.3 Å². The monoisotopic (exact) mass is 527 g/mol. The maximum Gasteiger partial charge on any atom is 0.308 e. The van der Waals surface area contributed by atoms with Gasteiger partial charge >= 0.3 is 5.97 Å². The Bertz CT molecular complexity index is 1480. The van der Waals surface area contributed by atoms with Gasteiger partial charge in [-0.05, 0) is 90.9 Å². The normalized spacial score (nSPS) is 16.6. The SMILES string of the molecule is COc1cc(C)c(/C(O)=C2\C(=O)C(=O)N(c3cc(C)cc(C)c3)C2c2ccc(OC(C)=O)cc2)cc1C(C)C. The van der Waals surface area contributed by atoms with Gasteiger partial charge in [-0.1, -0.05) is 32.0 Å². The number of hydrogen-bond donors (Lipinski definition) is 1. The van der Waals surface area contributed by atoms with Crippen LogP contribution >= 0.6 is 0 Å². The van der Waals surface area contributed by atoms with Gasteiger partial charge in [0.2, 0.25) is 0 Å². The summed E-state index contributed by atoms with van der Waals surface area (Å²) >= 11 is 0. The van der Waals surface area contributed by atoms with Crippen molar-refractivity contribution in [1.82, 2.24) is 0 Å². The van der Waals surface area contributed by atoms with E-state index in [0.717, 1.165) is 16.7 Å². The maximum absolute atomic E-state index is 13.6. The second kappa shape index (κ2) is 10.8. The standard InChI is InChI=1S/C32H33NO6/c1-17(2)25-16-26(20(5)15-27(25)38-7)30(35)28-29(22-8-10-24(11-9-22)39-21(6)34)33(32(37)31(28)36)23-13-18(3)12-19(4)14-23/h8-17,29,35H,1-7H3/b30-28+. The molecule has 3 aromatic carbocycles. The van der Waals surface area contributed by atoms with Gasteiger partial charge in [-0.15, -0.1) is 0 Å². The maximum atomic E-state index is 13.6. The molecule has 39 heavy (non-hydrogen) atoms. The first-order valence-corrected chi connectivity index (χ1v) is 12.8. The lowest BCUT2D eigenvalue weighted by Crippen LogP contribution is -2.29. The molecule has 0 aliphatic carbocycles. The van der Waals surface area contributed by atoms with Crippen molar-refractivity contribution < 1.29 is 29.0 Å². The predicted octanol–water partition coefficient (Wildman–Crippen LogP) is 6.30. The number of methoxy groups -OCH3 is 1. The summed E-state index contributed by atoms with van der Waals surface area (Å²) in [4.78, 5) is 40.0. The van der Waals surface area contributed by atoms with Crippen LogP contribution in [0, 0.1) is 20.8 Å². The molecule has 0 spiro atoms. The molecule has 1 atom stereocenters. The molecule has 1 unspecified atom stereocenters. The summed E-state index contributed by atoms with van der Waals surface area (Å²) in [5.41, 5.74) is 5.03. The topological polar surface area (TPSA) is 93.1 Å². The van der Waals surface area contributed by atoms with Crippen LogP contribution in [0.1, 0.15) is 66.1 Å². The zero-order chi connectivity index (χ0) is 28.6. The summed E-state index contributed by atoms with van der Waals surface area (Å²) in [7, 11) is 1.59. The number of rotatable bonds is 6. The van der Waals surface area contributed by atoms with Crippen molar-refractivity contribution in [3.05, 3.63) is 93.6 Å². The van der Waals surface area contributed by atoms with Crippen molar-refractivity contribution in [3.63, 3.8) is 0 Å². The molecule has 1 aliphatic heterocycles. The average Bonchev–Trinajstić information content (AvgIpc) is 3.13. The minimum atomic E-state index is -0.901. The number of Topliss-reactive ketones (excluding diaryl/α,β-unsaturated/α-hetero) is 1. The van der Waals surface area contributed by atoms with Crippen molar-refractivity contribution >= 4 is 29.1 Å². The molecule has 1 heterocycles. The molecule has 0 saturated carbocycles. The van der Waals surface area contributed by atoms with Crippen molar-refractivity contribution in [2.24, 2.45) is 0 Å². The van der Waals surface area contributed by atoms with Gasteiger partial charge in [-0.3, -0.25) is 19.3 Å². The number of ether oxygens (including phenoxy) is 2. The van der Waals surface area contributed by atoms with Crippen LogP contribution in [-0.2, 0) is 14.4 Å². The number of hydrogen-bond acceptors (Lipinski definition) is 6. The van der Waals surface area contributed by atoms with Crippen LogP contribution in [-0.4, -0.2) is 29.9 Å². The highest BCUT2D eigenvalue weighted by atomic mass is 16.5.